The molecule has 0 N–H and O–H groups in total. The Morgan fingerprint density at radius 3 is 2.64 bits per heavy atom. The zero-order valence-electron chi connectivity index (χ0n) is 9.53. The number of epoxide rings is 1. The first-order valence-electron chi connectivity index (χ1n) is 5.58. The molecule has 1 fully saturated rings. The number of ether oxygens (including phenoxy) is 2. The van der Waals surface area contributed by atoms with Gasteiger partial charge in [-0.05, 0) is 11.8 Å². The molecule has 82 valence electrons. The number of hydrogen-bond acceptors (Lipinski definition) is 2. The van der Waals surface area contributed by atoms with Crippen LogP contribution in [-0.2, 0) is 9.47 Å². The first-order chi connectivity index (χ1) is 6.70. The van der Waals surface area contributed by atoms with Gasteiger partial charge in [0.2, 0.25) is 0 Å². The quantitative estimate of drug-likeness (QED) is 0.463. The van der Waals surface area contributed by atoms with Crippen LogP contribution in [0, 0.1) is 11.8 Å². The molecule has 1 heterocycles. The van der Waals surface area contributed by atoms with E-state index in [1.54, 1.807) is 6.26 Å². The van der Waals surface area contributed by atoms with Gasteiger partial charge < -0.3 is 9.47 Å². The third-order valence-electron chi connectivity index (χ3n) is 3.14. The van der Waals surface area contributed by atoms with Gasteiger partial charge in [0, 0.05) is 0 Å². The van der Waals surface area contributed by atoms with E-state index in [0.29, 0.717) is 17.9 Å². The molecule has 0 aromatic heterocycles. The lowest BCUT2D eigenvalue weighted by Gasteiger charge is -2.26. The molecule has 1 aliphatic heterocycles. The van der Waals surface area contributed by atoms with Crippen LogP contribution in [0.2, 0.25) is 0 Å². The predicted molar refractivity (Wildman–Crippen MR) is 58.0 cm³/mol. The van der Waals surface area contributed by atoms with Crippen molar-refractivity contribution in [3.05, 3.63) is 12.8 Å². The summed E-state index contributed by atoms with van der Waals surface area (Å²) < 4.78 is 10.8. The van der Waals surface area contributed by atoms with E-state index in [0.717, 1.165) is 6.61 Å². The zero-order chi connectivity index (χ0) is 10.6. The number of hydrogen-bond donors (Lipinski definition) is 0. The van der Waals surface area contributed by atoms with E-state index >= 15 is 0 Å². The van der Waals surface area contributed by atoms with Gasteiger partial charge in [-0.2, -0.15) is 0 Å². The Labute approximate surface area is 87.3 Å². The first-order valence-corrected chi connectivity index (χ1v) is 5.58. The monoisotopic (exact) mass is 198 g/mol. The molecule has 1 saturated heterocycles. The van der Waals surface area contributed by atoms with Crippen LogP contribution in [0.15, 0.2) is 12.8 Å². The molecule has 2 heteroatoms. The third kappa shape index (κ3) is 3.02. The standard InChI is InChI=1S/C12H22O2/c1-5-7-9(3)10(4)12(13-6-2)11-8-14-11/h6,9-12H,2,5,7-8H2,1,3-4H3. The van der Waals surface area contributed by atoms with Crippen molar-refractivity contribution >= 4 is 0 Å². The summed E-state index contributed by atoms with van der Waals surface area (Å²) in [7, 11) is 0. The van der Waals surface area contributed by atoms with Crippen molar-refractivity contribution in [1.82, 2.24) is 0 Å². The summed E-state index contributed by atoms with van der Waals surface area (Å²) in [5, 5.41) is 0. The normalized spacial score (nSPS) is 26.4. The Morgan fingerprint density at radius 2 is 2.21 bits per heavy atom. The molecule has 0 aliphatic carbocycles. The second-order valence-electron chi connectivity index (χ2n) is 4.26. The highest BCUT2D eigenvalue weighted by atomic mass is 16.6. The summed E-state index contributed by atoms with van der Waals surface area (Å²) in [6.07, 6.45) is 4.54. The molecule has 1 aliphatic rings. The summed E-state index contributed by atoms with van der Waals surface area (Å²) in [5.74, 6) is 1.23. The second kappa shape index (κ2) is 5.40. The fourth-order valence-corrected chi connectivity index (χ4v) is 1.95. The van der Waals surface area contributed by atoms with Gasteiger partial charge in [0.05, 0.1) is 12.9 Å². The topological polar surface area (TPSA) is 21.8 Å². The Morgan fingerprint density at radius 1 is 1.57 bits per heavy atom. The third-order valence-corrected chi connectivity index (χ3v) is 3.14. The minimum Gasteiger partial charge on any atom is -0.496 e. The van der Waals surface area contributed by atoms with Gasteiger partial charge in [0.25, 0.3) is 0 Å². The average Bonchev–Trinajstić information content (AvgIpc) is 2.97. The highest BCUT2D eigenvalue weighted by molar-refractivity contribution is 4.87. The minimum atomic E-state index is 0.203. The maximum Gasteiger partial charge on any atom is 0.129 e. The molecule has 1 rings (SSSR count). The fourth-order valence-electron chi connectivity index (χ4n) is 1.95. The Hall–Kier alpha value is -0.500. The van der Waals surface area contributed by atoms with Crippen molar-refractivity contribution in [2.45, 2.75) is 45.8 Å². The maximum atomic E-state index is 5.53. The van der Waals surface area contributed by atoms with Crippen molar-refractivity contribution in [2.24, 2.45) is 11.8 Å². The summed E-state index contributed by atoms with van der Waals surface area (Å²) in [6, 6.07) is 0. The van der Waals surface area contributed by atoms with Crippen LogP contribution in [0.3, 0.4) is 0 Å². The van der Waals surface area contributed by atoms with Crippen LogP contribution in [0.4, 0.5) is 0 Å². The molecule has 0 radical (unpaired) electrons. The van der Waals surface area contributed by atoms with Crippen LogP contribution in [0.5, 0.6) is 0 Å². The molecule has 4 unspecified atom stereocenters. The minimum absolute atomic E-state index is 0.203. The van der Waals surface area contributed by atoms with Gasteiger partial charge >= 0.3 is 0 Å². The van der Waals surface area contributed by atoms with E-state index in [9.17, 15) is 0 Å². The molecular weight excluding hydrogens is 176 g/mol. The highest BCUT2D eigenvalue weighted by Crippen LogP contribution is 2.30. The van der Waals surface area contributed by atoms with Crippen LogP contribution in [-0.4, -0.2) is 18.8 Å². The van der Waals surface area contributed by atoms with Crippen LogP contribution < -0.4 is 0 Å². The SMILES string of the molecule is C=COC(C1CO1)C(C)C(C)CCC. The van der Waals surface area contributed by atoms with Gasteiger partial charge in [-0.1, -0.05) is 40.2 Å². The summed E-state index contributed by atoms with van der Waals surface area (Å²) in [5.41, 5.74) is 0. The lowest BCUT2D eigenvalue weighted by atomic mass is 9.86. The smallest absolute Gasteiger partial charge is 0.129 e. The Bertz CT molecular complexity index is 175. The van der Waals surface area contributed by atoms with E-state index in [4.69, 9.17) is 9.47 Å². The molecule has 2 nitrogen and oxygen atoms in total. The Kier molecular flexibility index (Phi) is 4.46. The van der Waals surface area contributed by atoms with Gasteiger partial charge in [0.1, 0.15) is 12.2 Å². The maximum absolute atomic E-state index is 5.53. The van der Waals surface area contributed by atoms with Gasteiger partial charge in [-0.15, -0.1) is 0 Å². The van der Waals surface area contributed by atoms with Crippen molar-refractivity contribution in [2.75, 3.05) is 6.61 Å². The first kappa shape index (κ1) is 11.6. The van der Waals surface area contributed by atoms with E-state index in [1.165, 1.54) is 12.8 Å². The zero-order valence-corrected chi connectivity index (χ0v) is 9.53. The molecule has 0 bridgehead atoms. The van der Waals surface area contributed by atoms with Gasteiger partial charge in [0.15, 0.2) is 0 Å². The lowest BCUT2D eigenvalue weighted by molar-refractivity contribution is 0.0428. The molecular formula is C12H22O2. The molecule has 0 spiro atoms. The van der Waals surface area contributed by atoms with Crippen LogP contribution >= 0.6 is 0 Å². The van der Waals surface area contributed by atoms with Crippen LogP contribution in [0.25, 0.3) is 0 Å². The van der Waals surface area contributed by atoms with E-state index < -0.39 is 0 Å². The molecule has 0 aromatic rings. The molecule has 4 atom stereocenters. The summed E-state index contributed by atoms with van der Waals surface area (Å²) >= 11 is 0. The molecule has 0 aromatic carbocycles. The summed E-state index contributed by atoms with van der Waals surface area (Å²) in [6.45, 7) is 11.2. The van der Waals surface area contributed by atoms with E-state index in [2.05, 4.69) is 27.4 Å². The Balaban J connectivity index is 2.43. The predicted octanol–water partition coefficient (Wildman–Crippen LogP) is 2.99. The molecule has 0 saturated carbocycles. The summed E-state index contributed by atoms with van der Waals surface area (Å²) in [4.78, 5) is 0. The van der Waals surface area contributed by atoms with Crippen molar-refractivity contribution in [1.29, 1.82) is 0 Å². The van der Waals surface area contributed by atoms with Crippen molar-refractivity contribution < 1.29 is 9.47 Å². The molecule has 14 heavy (non-hydrogen) atoms. The number of rotatable bonds is 7. The van der Waals surface area contributed by atoms with E-state index in [-0.39, 0.29) is 6.10 Å². The largest absolute Gasteiger partial charge is 0.496 e. The molecule has 0 amide bonds. The van der Waals surface area contributed by atoms with Crippen LogP contribution in [0.1, 0.15) is 33.6 Å². The van der Waals surface area contributed by atoms with Crippen molar-refractivity contribution in [3.63, 3.8) is 0 Å². The van der Waals surface area contributed by atoms with Crippen molar-refractivity contribution in [3.8, 4) is 0 Å². The van der Waals surface area contributed by atoms with Gasteiger partial charge in [-0.25, -0.2) is 0 Å². The average molecular weight is 198 g/mol. The van der Waals surface area contributed by atoms with E-state index in [1.807, 2.05) is 0 Å². The fraction of sp³-hybridized carbons (Fsp3) is 0.833. The highest BCUT2D eigenvalue weighted by Gasteiger charge is 2.39. The van der Waals surface area contributed by atoms with Gasteiger partial charge in [-0.3, -0.25) is 0 Å². The lowest BCUT2D eigenvalue weighted by Crippen LogP contribution is -2.30. The second-order valence-corrected chi connectivity index (χ2v) is 4.26.